The summed E-state index contributed by atoms with van der Waals surface area (Å²) in [6, 6.07) is 0. The van der Waals surface area contributed by atoms with E-state index < -0.39 is 5.56 Å². The minimum atomic E-state index is -0.644. The van der Waals surface area contributed by atoms with E-state index in [-0.39, 0.29) is 5.34 Å². The molecule has 1 atom stereocenters. The number of hydrogen-bond donors (Lipinski definition) is 1. The minimum absolute atomic E-state index is 0.194. The van der Waals surface area contributed by atoms with E-state index in [1.165, 1.54) is 0 Å². The van der Waals surface area contributed by atoms with Crippen LogP contribution < -0.4 is 0 Å². The fourth-order valence-electron chi connectivity index (χ4n) is 0. The molecule has 0 saturated heterocycles. The molecular formula is C4H9Cl3O. The van der Waals surface area contributed by atoms with E-state index in [0.29, 0.717) is 6.42 Å². The summed E-state index contributed by atoms with van der Waals surface area (Å²) in [5.74, 6) is 0. The first-order valence-corrected chi connectivity index (χ1v) is 3.63. The molecule has 1 N–H and O–H groups in total. The van der Waals surface area contributed by atoms with Crippen LogP contribution in [0.2, 0.25) is 0 Å². The van der Waals surface area contributed by atoms with E-state index >= 15 is 0 Å². The fourth-order valence-corrected chi connectivity index (χ4v) is 0. The lowest BCUT2D eigenvalue weighted by atomic mass is 10.5. The zero-order valence-corrected chi connectivity index (χ0v) is 6.84. The molecule has 0 fully saturated rings. The second-order valence-electron chi connectivity index (χ2n) is 0.944. The van der Waals surface area contributed by atoms with Crippen molar-refractivity contribution in [3.8, 4) is 0 Å². The van der Waals surface area contributed by atoms with Gasteiger partial charge in [-0.15, -0.1) is 23.2 Å². The number of hydrogen-bond acceptors (Lipinski definition) is 1. The fraction of sp³-hybridized carbons (Fsp3) is 1.00. The van der Waals surface area contributed by atoms with Gasteiger partial charge in [-0.2, -0.15) is 0 Å². The lowest BCUT2D eigenvalue weighted by Crippen LogP contribution is -1.88. The Morgan fingerprint density at radius 2 is 1.62 bits per heavy atom. The molecule has 0 bridgehead atoms. The van der Waals surface area contributed by atoms with Crippen molar-refractivity contribution in [3.05, 3.63) is 0 Å². The SMILES string of the molecule is CCC(O)Cl.ClCCl. The molecule has 0 radical (unpaired) electrons. The van der Waals surface area contributed by atoms with Crippen LogP contribution in [0.3, 0.4) is 0 Å². The minimum Gasteiger partial charge on any atom is -0.378 e. The van der Waals surface area contributed by atoms with Crippen LogP contribution in [-0.4, -0.2) is 16.0 Å². The number of aliphatic hydroxyl groups is 1. The van der Waals surface area contributed by atoms with Crippen LogP contribution in [-0.2, 0) is 0 Å². The van der Waals surface area contributed by atoms with E-state index in [4.69, 9.17) is 39.9 Å². The third-order valence-electron chi connectivity index (χ3n) is 0.337. The van der Waals surface area contributed by atoms with E-state index in [1.807, 2.05) is 6.92 Å². The van der Waals surface area contributed by atoms with Crippen molar-refractivity contribution >= 4 is 34.8 Å². The molecule has 4 heteroatoms. The maximum absolute atomic E-state index is 8.13. The van der Waals surface area contributed by atoms with Crippen molar-refractivity contribution in [2.45, 2.75) is 18.9 Å². The van der Waals surface area contributed by atoms with E-state index in [0.717, 1.165) is 0 Å². The quantitative estimate of drug-likeness (QED) is 0.613. The Hall–Kier alpha value is 0.830. The summed E-state index contributed by atoms with van der Waals surface area (Å²) < 4.78 is 0. The first kappa shape index (κ1) is 11.6. The molecule has 1 nitrogen and oxygen atoms in total. The Kier molecular flexibility index (Phi) is 15.6. The van der Waals surface area contributed by atoms with Gasteiger partial charge in [0.05, 0.1) is 5.34 Å². The van der Waals surface area contributed by atoms with Gasteiger partial charge in [0.1, 0.15) is 5.56 Å². The third kappa shape index (κ3) is 29.0. The van der Waals surface area contributed by atoms with Gasteiger partial charge in [0.15, 0.2) is 0 Å². The summed E-state index contributed by atoms with van der Waals surface area (Å²) in [6.45, 7) is 1.82. The van der Waals surface area contributed by atoms with E-state index in [2.05, 4.69) is 0 Å². The summed E-state index contributed by atoms with van der Waals surface area (Å²) in [5.41, 5.74) is -0.644. The molecule has 0 spiro atoms. The molecule has 0 rings (SSSR count). The first-order valence-electron chi connectivity index (χ1n) is 2.13. The van der Waals surface area contributed by atoms with Gasteiger partial charge in [-0.1, -0.05) is 18.5 Å². The highest BCUT2D eigenvalue weighted by Gasteiger charge is 1.85. The maximum Gasteiger partial charge on any atom is 0.127 e. The number of rotatable bonds is 1. The van der Waals surface area contributed by atoms with Crippen LogP contribution in [0.5, 0.6) is 0 Å². The van der Waals surface area contributed by atoms with Gasteiger partial charge >= 0.3 is 0 Å². The van der Waals surface area contributed by atoms with Gasteiger partial charge in [0.25, 0.3) is 0 Å². The molecule has 0 aliphatic carbocycles. The van der Waals surface area contributed by atoms with E-state index in [9.17, 15) is 0 Å². The van der Waals surface area contributed by atoms with Crippen molar-refractivity contribution in [1.82, 2.24) is 0 Å². The topological polar surface area (TPSA) is 20.2 Å². The Morgan fingerprint density at radius 3 is 1.62 bits per heavy atom. The van der Waals surface area contributed by atoms with Crippen molar-refractivity contribution in [2.75, 3.05) is 5.34 Å². The lowest BCUT2D eigenvalue weighted by molar-refractivity contribution is 0.252. The number of halogens is 3. The van der Waals surface area contributed by atoms with E-state index in [1.54, 1.807) is 0 Å². The highest BCUT2D eigenvalue weighted by molar-refractivity contribution is 6.40. The lowest BCUT2D eigenvalue weighted by Gasteiger charge is -1.87. The van der Waals surface area contributed by atoms with Gasteiger partial charge < -0.3 is 5.11 Å². The van der Waals surface area contributed by atoms with Crippen LogP contribution in [0.1, 0.15) is 13.3 Å². The highest BCUT2D eigenvalue weighted by Crippen LogP contribution is 1.91. The summed E-state index contributed by atoms with van der Waals surface area (Å²) in [4.78, 5) is 0. The molecule has 0 aliphatic rings. The standard InChI is InChI=1S/C3H7ClO.CH2Cl2/c1-2-3(4)5;2-1-3/h3,5H,2H2,1H3;1H2. The molecular weight excluding hydrogens is 170 g/mol. The average Bonchev–Trinajstić information content (AvgIpc) is 1.69. The Morgan fingerprint density at radius 1 is 1.50 bits per heavy atom. The van der Waals surface area contributed by atoms with Crippen LogP contribution in [0, 0.1) is 0 Å². The molecule has 52 valence electrons. The molecule has 0 aliphatic heterocycles. The van der Waals surface area contributed by atoms with Crippen LogP contribution in [0.15, 0.2) is 0 Å². The Bertz CT molecular complexity index is 32.5. The monoisotopic (exact) mass is 178 g/mol. The highest BCUT2D eigenvalue weighted by atomic mass is 35.5. The van der Waals surface area contributed by atoms with Gasteiger partial charge in [0, 0.05) is 0 Å². The second kappa shape index (κ2) is 10.7. The normalized spacial score (nSPS) is 11.6. The van der Waals surface area contributed by atoms with Crippen molar-refractivity contribution in [3.63, 3.8) is 0 Å². The Labute approximate surface area is 64.5 Å². The second-order valence-corrected chi connectivity index (χ2v) is 2.26. The van der Waals surface area contributed by atoms with Crippen LogP contribution in [0.25, 0.3) is 0 Å². The predicted molar refractivity (Wildman–Crippen MR) is 38.7 cm³/mol. The predicted octanol–water partition coefficient (Wildman–Crippen LogP) is 2.38. The molecule has 0 aromatic heterocycles. The van der Waals surface area contributed by atoms with Crippen LogP contribution in [0.4, 0.5) is 0 Å². The molecule has 0 aromatic carbocycles. The molecule has 1 unspecified atom stereocenters. The van der Waals surface area contributed by atoms with Gasteiger partial charge in [-0.25, -0.2) is 0 Å². The molecule has 0 saturated carbocycles. The third-order valence-corrected chi connectivity index (χ3v) is 0.645. The Balaban J connectivity index is 0. The summed E-state index contributed by atoms with van der Waals surface area (Å²) in [5, 5.41) is 8.32. The molecule has 8 heavy (non-hydrogen) atoms. The summed E-state index contributed by atoms with van der Waals surface area (Å²) in [7, 11) is 0. The maximum atomic E-state index is 8.13. The molecule has 0 heterocycles. The largest absolute Gasteiger partial charge is 0.378 e. The van der Waals surface area contributed by atoms with Crippen molar-refractivity contribution < 1.29 is 5.11 Å². The van der Waals surface area contributed by atoms with Crippen molar-refractivity contribution in [2.24, 2.45) is 0 Å². The first-order chi connectivity index (χ1) is 3.68. The zero-order valence-electron chi connectivity index (χ0n) is 4.57. The van der Waals surface area contributed by atoms with Gasteiger partial charge in [-0.3, -0.25) is 0 Å². The van der Waals surface area contributed by atoms with Crippen LogP contribution >= 0.6 is 34.8 Å². The number of aliphatic hydroxyl groups excluding tert-OH is 1. The summed E-state index contributed by atoms with van der Waals surface area (Å²) in [6.07, 6.45) is 0.627. The zero-order chi connectivity index (χ0) is 6.99. The number of alkyl halides is 3. The molecule has 0 amide bonds. The molecule has 0 aromatic rings. The van der Waals surface area contributed by atoms with Crippen molar-refractivity contribution in [1.29, 1.82) is 0 Å². The van der Waals surface area contributed by atoms with Gasteiger partial charge in [0.2, 0.25) is 0 Å². The smallest absolute Gasteiger partial charge is 0.127 e. The van der Waals surface area contributed by atoms with Gasteiger partial charge in [-0.05, 0) is 6.42 Å². The summed E-state index contributed by atoms with van der Waals surface area (Å²) >= 11 is 14.5. The average molecular weight is 179 g/mol.